The molecule has 0 spiro atoms. The van der Waals surface area contributed by atoms with Gasteiger partial charge in [-0.25, -0.2) is 17.7 Å². The molecule has 5 nitrogen and oxygen atoms in total. The van der Waals surface area contributed by atoms with Gasteiger partial charge in [-0.3, -0.25) is 0 Å². The largest absolute Gasteiger partial charge is 0.327 e. The van der Waals surface area contributed by atoms with Crippen LogP contribution in [0, 0.1) is 19.8 Å². The highest BCUT2D eigenvalue weighted by Gasteiger charge is 2.26. The molecule has 1 rings (SSSR count). The number of thiazole rings is 1. The average molecular weight is 342 g/mol. The van der Waals surface area contributed by atoms with Crippen LogP contribution < -0.4 is 5.73 Å². The summed E-state index contributed by atoms with van der Waals surface area (Å²) < 4.78 is 26.5. The van der Waals surface area contributed by atoms with Crippen molar-refractivity contribution in [1.29, 1.82) is 0 Å². The highest BCUT2D eigenvalue weighted by molar-refractivity contribution is 7.91. The Morgan fingerprint density at radius 2 is 1.90 bits per heavy atom. The SMILES string of the molecule is Cc1nc(C)c(S(=O)(=O)N(C)CCC(N)C(C)C)s1.Cl. The minimum Gasteiger partial charge on any atom is -0.327 e. The molecule has 1 atom stereocenters. The predicted octanol–water partition coefficient (Wildman–Crippen LogP) is 2.18. The lowest BCUT2D eigenvalue weighted by Gasteiger charge is -2.20. The van der Waals surface area contributed by atoms with Crippen LogP contribution in [0.2, 0.25) is 0 Å². The van der Waals surface area contributed by atoms with Crippen molar-refractivity contribution in [2.45, 2.75) is 44.4 Å². The minimum absolute atomic E-state index is 0. The van der Waals surface area contributed by atoms with E-state index >= 15 is 0 Å². The van der Waals surface area contributed by atoms with Crippen molar-refractivity contribution in [3.8, 4) is 0 Å². The lowest BCUT2D eigenvalue weighted by atomic mass is 10.0. The summed E-state index contributed by atoms with van der Waals surface area (Å²) in [6.45, 7) is 8.04. The fourth-order valence-corrected chi connectivity index (χ4v) is 4.53. The first kappa shape index (κ1) is 19.8. The summed E-state index contributed by atoms with van der Waals surface area (Å²) in [5.41, 5.74) is 6.52. The molecule has 0 bridgehead atoms. The summed E-state index contributed by atoms with van der Waals surface area (Å²) in [5, 5.41) is 0.767. The van der Waals surface area contributed by atoms with E-state index in [4.69, 9.17) is 5.73 Å². The van der Waals surface area contributed by atoms with E-state index in [-0.39, 0.29) is 18.4 Å². The normalized spacial score (nSPS) is 13.6. The van der Waals surface area contributed by atoms with Gasteiger partial charge in [-0.05, 0) is 26.2 Å². The van der Waals surface area contributed by atoms with Gasteiger partial charge in [-0.2, -0.15) is 0 Å². The van der Waals surface area contributed by atoms with Gasteiger partial charge in [0.15, 0.2) is 4.21 Å². The molecule has 0 fully saturated rings. The Hall–Kier alpha value is -0.210. The van der Waals surface area contributed by atoms with Crippen LogP contribution in [0.1, 0.15) is 31.0 Å². The van der Waals surface area contributed by atoms with Crippen molar-refractivity contribution < 1.29 is 8.42 Å². The minimum atomic E-state index is -3.44. The first-order valence-corrected chi connectivity index (χ1v) is 8.58. The van der Waals surface area contributed by atoms with Gasteiger partial charge >= 0.3 is 0 Å². The summed E-state index contributed by atoms with van der Waals surface area (Å²) >= 11 is 1.22. The van der Waals surface area contributed by atoms with Crippen molar-refractivity contribution in [3.63, 3.8) is 0 Å². The van der Waals surface area contributed by atoms with E-state index in [1.807, 2.05) is 20.8 Å². The summed E-state index contributed by atoms with van der Waals surface area (Å²) in [4.78, 5) is 4.17. The predicted molar refractivity (Wildman–Crippen MR) is 86.1 cm³/mol. The second kappa shape index (κ2) is 7.70. The Morgan fingerprint density at radius 3 is 2.30 bits per heavy atom. The van der Waals surface area contributed by atoms with Crippen molar-refractivity contribution in [2.24, 2.45) is 11.7 Å². The van der Waals surface area contributed by atoms with E-state index in [9.17, 15) is 8.42 Å². The average Bonchev–Trinajstić information content (AvgIpc) is 2.65. The number of hydrogen-bond donors (Lipinski definition) is 1. The van der Waals surface area contributed by atoms with Crippen LogP contribution in [-0.2, 0) is 10.0 Å². The maximum Gasteiger partial charge on any atom is 0.254 e. The van der Waals surface area contributed by atoms with Gasteiger partial charge in [0.2, 0.25) is 0 Å². The van der Waals surface area contributed by atoms with Gasteiger partial charge < -0.3 is 5.73 Å². The van der Waals surface area contributed by atoms with E-state index in [2.05, 4.69) is 4.98 Å². The summed E-state index contributed by atoms with van der Waals surface area (Å²) in [5.74, 6) is 0.350. The number of rotatable bonds is 6. The lowest BCUT2D eigenvalue weighted by Crippen LogP contribution is -2.34. The zero-order valence-corrected chi connectivity index (χ0v) is 15.0. The van der Waals surface area contributed by atoms with E-state index in [0.717, 1.165) is 5.01 Å². The smallest absolute Gasteiger partial charge is 0.254 e. The number of halogens is 1. The number of hydrogen-bond acceptors (Lipinski definition) is 5. The molecule has 0 saturated heterocycles. The maximum absolute atomic E-state index is 12.4. The van der Waals surface area contributed by atoms with Crippen LogP contribution in [-0.4, -0.2) is 37.3 Å². The highest BCUT2D eigenvalue weighted by atomic mass is 35.5. The fraction of sp³-hybridized carbons (Fsp3) is 0.750. The van der Waals surface area contributed by atoms with Crippen molar-refractivity contribution in [1.82, 2.24) is 9.29 Å². The molecular formula is C12H24ClN3O2S2. The Labute approximate surface area is 132 Å². The van der Waals surface area contributed by atoms with Crippen LogP contribution in [0.4, 0.5) is 0 Å². The second-order valence-corrected chi connectivity index (χ2v) is 8.57. The molecule has 2 N–H and O–H groups in total. The topological polar surface area (TPSA) is 76.3 Å². The molecule has 8 heteroatoms. The quantitative estimate of drug-likeness (QED) is 0.860. The zero-order valence-electron chi connectivity index (χ0n) is 12.6. The van der Waals surface area contributed by atoms with Crippen LogP contribution in [0.15, 0.2) is 4.21 Å². The molecule has 0 aliphatic rings. The van der Waals surface area contributed by atoms with Crippen LogP contribution >= 0.6 is 23.7 Å². The molecule has 1 aromatic heterocycles. The molecule has 20 heavy (non-hydrogen) atoms. The standard InChI is InChI=1S/C12H23N3O2S2.ClH/c1-8(2)11(13)6-7-15(5)19(16,17)12-9(3)14-10(4)18-12;/h8,11H,6-7,13H2,1-5H3;1H. The van der Waals surface area contributed by atoms with Gasteiger partial charge in [0.25, 0.3) is 10.0 Å². The first-order valence-electron chi connectivity index (χ1n) is 6.32. The third kappa shape index (κ3) is 4.66. The molecular weight excluding hydrogens is 318 g/mol. The Kier molecular flexibility index (Phi) is 7.62. The Balaban J connectivity index is 0.00000361. The van der Waals surface area contributed by atoms with Crippen LogP contribution in [0.25, 0.3) is 0 Å². The van der Waals surface area contributed by atoms with Gasteiger partial charge in [0, 0.05) is 19.6 Å². The zero-order chi connectivity index (χ0) is 14.8. The Bertz CT molecular complexity index is 529. The van der Waals surface area contributed by atoms with Crippen molar-refractivity contribution in [2.75, 3.05) is 13.6 Å². The van der Waals surface area contributed by atoms with Crippen LogP contribution in [0.3, 0.4) is 0 Å². The fourth-order valence-electron chi connectivity index (χ4n) is 1.68. The van der Waals surface area contributed by atoms with Gasteiger partial charge in [-0.15, -0.1) is 23.7 Å². The van der Waals surface area contributed by atoms with Gasteiger partial charge in [-0.1, -0.05) is 13.8 Å². The Morgan fingerprint density at radius 1 is 1.35 bits per heavy atom. The molecule has 118 valence electrons. The number of aryl methyl sites for hydroxylation is 2. The second-order valence-electron chi connectivity index (χ2n) is 5.13. The molecule has 1 aromatic rings. The van der Waals surface area contributed by atoms with Crippen LogP contribution in [0.5, 0.6) is 0 Å². The first-order chi connectivity index (χ1) is 8.66. The van der Waals surface area contributed by atoms with E-state index in [1.54, 1.807) is 14.0 Å². The molecule has 0 aromatic carbocycles. The van der Waals surface area contributed by atoms with Crippen molar-refractivity contribution >= 4 is 33.8 Å². The molecule has 0 radical (unpaired) electrons. The number of nitrogens with two attached hydrogens (primary N) is 1. The molecule has 1 unspecified atom stereocenters. The molecule has 0 aliphatic heterocycles. The summed E-state index contributed by atoms with van der Waals surface area (Å²) in [6, 6.07) is 0.0157. The summed E-state index contributed by atoms with van der Waals surface area (Å²) in [7, 11) is -1.84. The highest BCUT2D eigenvalue weighted by Crippen LogP contribution is 2.25. The van der Waals surface area contributed by atoms with E-state index in [0.29, 0.717) is 28.8 Å². The van der Waals surface area contributed by atoms with Crippen molar-refractivity contribution in [3.05, 3.63) is 10.7 Å². The van der Waals surface area contributed by atoms with Gasteiger partial charge in [0.1, 0.15) is 0 Å². The molecule has 0 aliphatic carbocycles. The maximum atomic E-state index is 12.4. The van der Waals surface area contributed by atoms with E-state index < -0.39 is 10.0 Å². The number of aromatic nitrogens is 1. The lowest BCUT2D eigenvalue weighted by molar-refractivity contribution is 0.398. The molecule has 0 saturated carbocycles. The third-order valence-electron chi connectivity index (χ3n) is 3.14. The van der Waals surface area contributed by atoms with E-state index in [1.165, 1.54) is 15.6 Å². The monoisotopic (exact) mass is 341 g/mol. The number of sulfonamides is 1. The third-order valence-corrected chi connectivity index (χ3v) is 6.66. The summed E-state index contributed by atoms with van der Waals surface area (Å²) in [6.07, 6.45) is 0.657. The molecule has 1 heterocycles. The number of nitrogens with zero attached hydrogens (tertiary/aromatic N) is 2. The van der Waals surface area contributed by atoms with Gasteiger partial charge in [0.05, 0.1) is 10.7 Å². The molecule has 0 amide bonds.